The number of rotatable bonds is 3. The number of nitrogens with one attached hydrogen (secondary N) is 2. The standard InChI is InChI=1S/C12H11N3O3S/c1-19-9-5-3-2-4-8(9)13-6-7-10(16)14-12(18)15-11(7)17/h2-6H,1H3,(H3,14,15,16,17,18). The number of hydrogen-bond acceptors (Lipinski definition) is 5. The molecule has 2 rings (SSSR count). The number of aromatic nitrogens is 2. The lowest BCUT2D eigenvalue weighted by Crippen LogP contribution is -2.24. The van der Waals surface area contributed by atoms with Crippen LogP contribution >= 0.6 is 11.8 Å². The van der Waals surface area contributed by atoms with Crippen LogP contribution in [0, 0.1) is 0 Å². The summed E-state index contributed by atoms with van der Waals surface area (Å²) in [5.41, 5.74) is -0.855. The predicted molar refractivity (Wildman–Crippen MR) is 74.8 cm³/mol. The molecule has 0 unspecified atom stereocenters. The van der Waals surface area contributed by atoms with Gasteiger partial charge in [0.15, 0.2) is 0 Å². The Kier molecular flexibility index (Phi) is 3.86. The minimum atomic E-state index is -0.760. The second-order valence-corrected chi connectivity index (χ2v) is 4.45. The smallest absolute Gasteiger partial charge is 0.328 e. The molecule has 0 atom stereocenters. The van der Waals surface area contributed by atoms with Crippen LogP contribution in [-0.4, -0.2) is 27.5 Å². The van der Waals surface area contributed by atoms with Gasteiger partial charge >= 0.3 is 5.69 Å². The fourth-order valence-corrected chi connectivity index (χ4v) is 2.02. The predicted octanol–water partition coefficient (Wildman–Crippen LogP) is 1.24. The summed E-state index contributed by atoms with van der Waals surface area (Å²) in [7, 11) is 0. The zero-order valence-electron chi connectivity index (χ0n) is 10.0. The molecule has 6 nitrogen and oxygen atoms in total. The van der Waals surface area contributed by atoms with E-state index in [1.54, 1.807) is 6.07 Å². The quantitative estimate of drug-likeness (QED) is 0.580. The van der Waals surface area contributed by atoms with Crippen molar-refractivity contribution in [3.05, 3.63) is 50.7 Å². The van der Waals surface area contributed by atoms with Gasteiger partial charge in [-0.25, -0.2) is 4.79 Å². The number of benzene rings is 1. The van der Waals surface area contributed by atoms with E-state index in [-0.39, 0.29) is 5.56 Å². The Bertz CT molecular complexity index is 733. The van der Waals surface area contributed by atoms with Gasteiger partial charge in [0.1, 0.15) is 5.56 Å². The molecule has 0 aliphatic carbocycles. The lowest BCUT2D eigenvalue weighted by Gasteiger charge is -2.01. The number of H-pyrrole nitrogens is 2. The number of aromatic amines is 2. The van der Waals surface area contributed by atoms with E-state index < -0.39 is 17.1 Å². The molecule has 2 aromatic rings. The lowest BCUT2D eigenvalue weighted by atomic mass is 10.3. The van der Waals surface area contributed by atoms with E-state index in [1.165, 1.54) is 18.0 Å². The van der Waals surface area contributed by atoms with Crippen LogP contribution in [0.1, 0.15) is 5.56 Å². The Labute approximate surface area is 112 Å². The first kappa shape index (κ1) is 13.2. The molecule has 0 amide bonds. The van der Waals surface area contributed by atoms with E-state index in [2.05, 4.69) is 9.98 Å². The van der Waals surface area contributed by atoms with Gasteiger partial charge in [-0.2, -0.15) is 0 Å². The van der Waals surface area contributed by atoms with Crippen molar-refractivity contribution in [2.75, 3.05) is 6.26 Å². The van der Waals surface area contributed by atoms with Crippen molar-refractivity contribution in [3.8, 4) is 5.88 Å². The van der Waals surface area contributed by atoms with Crippen molar-refractivity contribution in [3.63, 3.8) is 0 Å². The molecule has 0 aliphatic rings. The van der Waals surface area contributed by atoms with E-state index in [0.717, 1.165) is 4.90 Å². The third kappa shape index (κ3) is 2.94. The molecule has 1 aromatic carbocycles. The van der Waals surface area contributed by atoms with Crippen molar-refractivity contribution in [1.82, 2.24) is 9.97 Å². The summed E-state index contributed by atoms with van der Waals surface area (Å²) < 4.78 is 0. The summed E-state index contributed by atoms with van der Waals surface area (Å²) in [6.45, 7) is 0. The lowest BCUT2D eigenvalue weighted by molar-refractivity contribution is 0.447. The van der Waals surface area contributed by atoms with Crippen molar-refractivity contribution in [2.24, 2.45) is 4.99 Å². The molecule has 0 bridgehead atoms. The molecular formula is C12H11N3O3S. The monoisotopic (exact) mass is 277 g/mol. The topological polar surface area (TPSA) is 98.3 Å². The molecule has 19 heavy (non-hydrogen) atoms. The third-order valence-electron chi connectivity index (χ3n) is 2.38. The maximum Gasteiger partial charge on any atom is 0.328 e. The van der Waals surface area contributed by atoms with Crippen molar-refractivity contribution in [1.29, 1.82) is 0 Å². The highest BCUT2D eigenvalue weighted by Crippen LogP contribution is 2.27. The molecule has 98 valence electrons. The van der Waals surface area contributed by atoms with Gasteiger partial charge in [-0.3, -0.25) is 19.8 Å². The molecule has 0 fully saturated rings. The Balaban J connectivity index is 2.44. The Morgan fingerprint density at radius 2 is 2.00 bits per heavy atom. The molecule has 7 heteroatoms. The van der Waals surface area contributed by atoms with E-state index in [9.17, 15) is 14.7 Å². The van der Waals surface area contributed by atoms with Gasteiger partial charge in [-0.1, -0.05) is 12.1 Å². The summed E-state index contributed by atoms with van der Waals surface area (Å²) in [4.78, 5) is 31.6. The normalized spacial score (nSPS) is 11.0. The van der Waals surface area contributed by atoms with Gasteiger partial charge in [0.05, 0.1) is 5.69 Å². The molecule has 0 saturated carbocycles. The number of thioether (sulfide) groups is 1. The van der Waals surface area contributed by atoms with Gasteiger partial charge < -0.3 is 5.11 Å². The number of aliphatic imine (C=N–C) groups is 1. The van der Waals surface area contributed by atoms with Crippen molar-refractivity contribution < 1.29 is 5.11 Å². The van der Waals surface area contributed by atoms with Crippen LogP contribution in [-0.2, 0) is 0 Å². The van der Waals surface area contributed by atoms with E-state index in [1.807, 2.05) is 29.4 Å². The van der Waals surface area contributed by atoms with Crippen LogP contribution in [0.25, 0.3) is 0 Å². The number of hydrogen-bond donors (Lipinski definition) is 3. The van der Waals surface area contributed by atoms with Crippen LogP contribution in [0.4, 0.5) is 5.69 Å². The van der Waals surface area contributed by atoms with E-state index in [4.69, 9.17) is 0 Å². The van der Waals surface area contributed by atoms with Crippen molar-refractivity contribution >= 4 is 23.7 Å². The van der Waals surface area contributed by atoms with Gasteiger partial charge in [0, 0.05) is 11.1 Å². The average Bonchev–Trinajstić information content (AvgIpc) is 2.38. The summed E-state index contributed by atoms with van der Waals surface area (Å²) in [6.07, 6.45) is 3.14. The first-order valence-electron chi connectivity index (χ1n) is 5.34. The molecular weight excluding hydrogens is 266 g/mol. The molecule has 0 saturated heterocycles. The zero-order chi connectivity index (χ0) is 13.8. The highest BCUT2D eigenvalue weighted by molar-refractivity contribution is 7.98. The van der Waals surface area contributed by atoms with Crippen LogP contribution < -0.4 is 11.2 Å². The molecule has 0 aliphatic heterocycles. The number of nitrogens with zero attached hydrogens (tertiary/aromatic N) is 1. The third-order valence-corrected chi connectivity index (χ3v) is 3.16. The number of para-hydroxylation sites is 1. The van der Waals surface area contributed by atoms with Gasteiger partial charge in [-0.05, 0) is 18.4 Å². The van der Waals surface area contributed by atoms with Crippen LogP contribution in [0.2, 0.25) is 0 Å². The van der Waals surface area contributed by atoms with Crippen LogP contribution in [0.15, 0.2) is 43.7 Å². The Morgan fingerprint density at radius 1 is 1.26 bits per heavy atom. The highest BCUT2D eigenvalue weighted by Gasteiger charge is 2.06. The van der Waals surface area contributed by atoms with Gasteiger partial charge in [0.25, 0.3) is 5.56 Å². The fourth-order valence-electron chi connectivity index (χ4n) is 1.47. The minimum absolute atomic E-state index is 0.0875. The Morgan fingerprint density at radius 3 is 2.68 bits per heavy atom. The summed E-state index contributed by atoms with van der Waals surface area (Å²) in [5, 5.41) is 9.50. The molecule has 1 heterocycles. The van der Waals surface area contributed by atoms with E-state index in [0.29, 0.717) is 5.69 Å². The maximum absolute atomic E-state index is 11.5. The van der Waals surface area contributed by atoms with E-state index >= 15 is 0 Å². The fraction of sp³-hybridized carbons (Fsp3) is 0.0833. The van der Waals surface area contributed by atoms with Crippen molar-refractivity contribution in [2.45, 2.75) is 4.90 Å². The summed E-state index contributed by atoms with van der Waals surface area (Å²) >= 11 is 1.52. The average molecular weight is 277 g/mol. The van der Waals surface area contributed by atoms with Crippen LogP contribution in [0.5, 0.6) is 5.88 Å². The Hall–Kier alpha value is -2.28. The first-order chi connectivity index (χ1) is 9.11. The maximum atomic E-state index is 11.5. The molecule has 3 N–H and O–H groups in total. The zero-order valence-corrected chi connectivity index (χ0v) is 10.8. The number of aromatic hydroxyl groups is 1. The van der Waals surface area contributed by atoms with Gasteiger partial charge in [0.2, 0.25) is 5.88 Å². The molecule has 1 aromatic heterocycles. The van der Waals surface area contributed by atoms with Gasteiger partial charge in [-0.15, -0.1) is 11.8 Å². The SMILES string of the molecule is CSc1ccccc1N=Cc1c(O)[nH]c(=O)[nH]c1=O. The highest BCUT2D eigenvalue weighted by atomic mass is 32.2. The minimum Gasteiger partial charge on any atom is -0.494 e. The van der Waals surface area contributed by atoms with Crippen LogP contribution in [0.3, 0.4) is 0 Å². The summed E-state index contributed by atoms with van der Waals surface area (Å²) in [6, 6.07) is 7.39. The molecule has 0 radical (unpaired) electrons. The molecule has 0 spiro atoms. The summed E-state index contributed by atoms with van der Waals surface area (Å²) in [5.74, 6) is -0.501. The first-order valence-corrected chi connectivity index (χ1v) is 6.57. The second kappa shape index (κ2) is 5.57. The largest absolute Gasteiger partial charge is 0.494 e. The second-order valence-electron chi connectivity index (χ2n) is 3.60.